The van der Waals surface area contributed by atoms with Gasteiger partial charge in [0.1, 0.15) is 6.10 Å². The lowest BCUT2D eigenvalue weighted by atomic mass is 9.89. The molecule has 3 rings (SSSR count). The van der Waals surface area contributed by atoms with Gasteiger partial charge in [-0.2, -0.15) is 0 Å². The Morgan fingerprint density at radius 3 is 2.00 bits per heavy atom. The van der Waals surface area contributed by atoms with Crippen LogP contribution in [0.25, 0.3) is 0 Å². The fourth-order valence-electron chi connectivity index (χ4n) is 2.99. The van der Waals surface area contributed by atoms with Crippen LogP contribution < -0.4 is 0 Å². The number of aliphatic hydroxyl groups is 1. The Hall–Kier alpha value is -1.94. The molecule has 3 atom stereocenters. The molecule has 126 valence electrons. The first-order valence-electron chi connectivity index (χ1n) is 8.45. The fourth-order valence-corrected chi connectivity index (χ4v) is 2.99. The van der Waals surface area contributed by atoms with Crippen molar-refractivity contribution in [1.29, 1.82) is 0 Å². The maximum absolute atomic E-state index is 9.69. The van der Waals surface area contributed by atoms with E-state index < -0.39 is 0 Å². The molecule has 0 bridgehead atoms. The number of hydrogen-bond donors (Lipinski definition) is 1. The number of hydrogen-bond acceptors (Lipinski definition) is 3. The Kier molecular flexibility index (Phi) is 6.19. The Morgan fingerprint density at radius 1 is 0.833 bits per heavy atom. The lowest BCUT2D eigenvalue weighted by Gasteiger charge is -2.34. The van der Waals surface area contributed by atoms with Crippen LogP contribution in [0.5, 0.6) is 0 Å². The van der Waals surface area contributed by atoms with Crippen molar-refractivity contribution in [3.8, 4) is 0 Å². The van der Waals surface area contributed by atoms with Gasteiger partial charge in [0.2, 0.25) is 0 Å². The normalized spacial score (nSPS) is 23.3. The van der Waals surface area contributed by atoms with Crippen molar-refractivity contribution in [3.63, 3.8) is 0 Å². The van der Waals surface area contributed by atoms with Crippen LogP contribution in [0.1, 0.15) is 17.5 Å². The van der Waals surface area contributed by atoms with E-state index in [4.69, 9.17) is 9.47 Å². The van der Waals surface area contributed by atoms with Gasteiger partial charge >= 0.3 is 0 Å². The van der Waals surface area contributed by atoms with E-state index in [9.17, 15) is 5.11 Å². The van der Waals surface area contributed by atoms with Crippen molar-refractivity contribution in [2.24, 2.45) is 5.92 Å². The van der Waals surface area contributed by atoms with Crippen molar-refractivity contribution in [2.45, 2.75) is 31.8 Å². The molecule has 0 aliphatic heterocycles. The monoisotopic (exact) mass is 324 g/mol. The summed E-state index contributed by atoms with van der Waals surface area (Å²) in [5.41, 5.74) is 2.27. The van der Waals surface area contributed by atoms with Gasteiger partial charge in [-0.05, 0) is 17.5 Å². The first-order valence-corrected chi connectivity index (χ1v) is 8.45. The van der Waals surface area contributed by atoms with Crippen molar-refractivity contribution < 1.29 is 14.6 Å². The van der Waals surface area contributed by atoms with Gasteiger partial charge in [0.05, 0.1) is 19.3 Å². The van der Waals surface area contributed by atoms with Crippen LogP contribution in [-0.2, 0) is 22.7 Å². The summed E-state index contributed by atoms with van der Waals surface area (Å²) < 4.78 is 12.2. The van der Waals surface area contributed by atoms with E-state index in [0.29, 0.717) is 13.2 Å². The zero-order chi connectivity index (χ0) is 16.6. The molecule has 0 spiro atoms. The van der Waals surface area contributed by atoms with E-state index in [0.717, 1.165) is 17.5 Å². The van der Waals surface area contributed by atoms with Gasteiger partial charge in [0, 0.05) is 12.5 Å². The average Bonchev–Trinajstić information content (AvgIpc) is 2.66. The molecule has 3 nitrogen and oxygen atoms in total. The van der Waals surface area contributed by atoms with Crippen molar-refractivity contribution >= 4 is 0 Å². The lowest BCUT2D eigenvalue weighted by Crippen LogP contribution is -2.40. The standard InChI is InChI=1S/C21H24O3/c22-14-19-12-7-13-20(23-15-17-8-3-1-4-9-17)21(19)24-16-18-10-5-2-6-11-18/h1-11,13,19-22H,12,14-16H2. The molecule has 0 amide bonds. The molecule has 3 unspecified atom stereocenters. The van der Waals surface area contributed by atoms with E-state index in [1.54, 1.807) is 0 Å². The highest BCUT2D eigenvalue weighted by molar-refractivity contribution is 5.15. The Balaban J connectivity index is 1.63. The summed E-state index contributed by atoms with van der Waals surface area (Å²) in [6, 6.07) is 20.2. The zero-order valence-corrected chi connectivity index (χ0v) is 13.8. The second-order valence-corrected chi connectivity index (χ2v) is 6.13. The number of ether oxygens (including phenoxy) is 2. The van der Waals surface area contributed by atoms with Crippen LogP contribution >= 0.6 is 0 Å². The molecule has 0 fully saturated rings. The van der Waals surface area contributed by atoms with Gasteiger partial charge in [-0.15, -0.1) is 0 Å². The molecule has 0 saturated heterocycles. The number of rotatable bonds is 7. The predicted octanol–water partition coefficient (Wildman–Crippen LogP) is 3.73. The molecule has 1 aliphatic carbocycles. The van der Waals surface area contributed by atoms with Gasteiger partial charge in [0.15, 0.2) is 0 Å². The third-order valence-electron chi connectivity index (χ3n) is 4.36. The van der Waals surface area contributed by atoms with Gasteiger partial charge in [-0.3, -0.25) is 0 Å². The highest BCUT2D eigenvalue weighted by Crippen LogP contribution is 2.26. The van der Waals surface area contributed by atoms with Crippen LogP contribution in [0.3, 0.4) is 0 Å². The first-order chi connectivity index (χ1) is 11.9. The molecule has 0 radical (unpaired) electrons. The van der Waals surface area contributed by atoms with Crippen molar-refractivity contribution in [1.82, 2.24) is 0 Å². The molecule has 1 aliphatic rings. The van der Waals surface area contributed by atoms with Gasteiger partial charge in [-0.1, -0.05) is 72.8 Å². The number of benzene rings is 2. The van der Waals surface area contributed by atoms with Crippen molar-refractivity contribution in [3.05, 3.63) is 83.9 Å². The van der Waals surface area contributed by atoms with Gasteiger partial charge in [-0.25, -0.2) is 0 Å². The number of aliphatic hydroxyl groups excluding tert-OH is 1. The van der Waals surface area contributed by atoms with E-state index in [1.165, 1.54) is 0 Å². The van der Waals surface area contributed by atoms with Crippen LogP contribution in [-0.4, -0.2) is 23.9 Å². The Bertz CT molecular complexity index is 624. The summed E-state index contributed by atoms with van der Waals surface area (Å²) in [6.45, 7) is 1.18. The minimum absolute atomic E-state index is 0.0690. The first kappa shape index (κ1) is 16.9. The summed E-state index contributed by atoms with van der Waals surface area (Å²) in [5, 5.41) is 9.69. The summed E-state index contributed by atoms with van der Waals surface area (Å²) in [7, 11) is 0. The fraction of sp³-hybridized carbons (Fsp3) is 0.333. The van der Waals surface area contributed by atoms with E-state index >= 15 is 0 Å². The van der Waals surface area contributed by atoms with Crippen LogP contribution in [0.2, 0.25) is 0 Å². The molecule has 2 aromatic rings. The smallest absolute Gasteiger partial charge is 0.103 e. The van der Waals surface area contributed by atoms with Crippen LogP contribution in [0.15, 0.2) is 72.8 Å². The summed E-state index contributed by atoms with van der Waals surface area (Å²) >= 11 is 0. The van der Waals surface area contributed by atoms with Gasteiger partial charge < -0.3 is 14.6 Å². The van der Waals surface area contributed by atoms with Crippen molar-refractivity contribution in [2.75, 3.05) is 6.61 Å². The third-order valence-corrected chi connectivity index (χ3v) is 4.36. The maximum Gasteiger partial charge on any atom is 0.103 e. The third kappa shape index (κ3) is 4.54. The predicted molar refractivity (Wildman–Crippen MR) is 94.4 cm³/mol. The highest BCUT2D eigenvalue weighted by atomic mass is 16.5. The SMILES string of the molecule is OCC1CC=CC(OCc2ccccc2)C1OCc1ccccc1. The number of allylic oxidation sites excluding steroid dienone is 1. The van der Waals surface area contributed by atoms with Crippen LogP contribution in [0, 0.1) is 5.92 Å². The summed E-state index contributed by atoms with van der Waals surface area (Å²) in [6.07, 6.45) is 4.69. The second kappa shape index (κ2) is 8.78. The Morgan fingerprint density at radius 2 is 1.42 bits per heavy atom. The minimum Gasteiger partial charge on any atom is -0.396 e. The highest BCUT2D eigenvalue weighted by Gasteiger charge is 2.31. The molecule has 2 aromatic carbocycles. The molecule has 24 heavy (non-hydrogen) atoms. The zero-order valence-electron chi connectivity index (χ0n) is 13.8. The average molecular weight is 324 g/mol. The second-order valence-electron chi connectivity index (χ2n) is 6.13. The minimum atomic E-state index is -0.139. The molecule has 0 heterocycles. The topological polar surface area (TPSA) is 38.7 Å². The molecular weight excluding hydrogens is 300 g/mol. The summed E-state index contributed by atoms with van der Waals surface area (Å²) in [4.78, 5) is 0. The molecular formula is C21H24O3. The molecule has 0 aromatic heterocycles. The lowest BCUT2D eigenvalue weighted by molar-refractivity contribution is -0.102. The quantitative estimate of drug-likeness (QED) is 0.789. The molecule has 0 saturated carbocycles. The molecule has 3 heteroatoms. The molecule has 1 N–H and O–H groups in total. The van der Waals surface area contributed by atoms with E-state index in [-0.39, 0.29) is 24.7 Å². The van der Waals surface area contributed by atoms with Gasteiger partial charge in [0.25, 0.3) is 0 Å². The maximum atomic E-state index is 9.69. The summed E-state index contributed by atoms with van der Waals surface area (Å²) in [5.74, 6) is 0.0690. The largest absolute Gasteiger partial charge is 0.396 e. The Labute approximate surface area is 143 Å². The van der Waals surface area contributed by atoms with Crippen LogP contribution in [0.4, 0.5) is 0 Å². The van der Waals surface area contributed by atoms with E-state index in [2.05, 4.69) is 24.3 Å². The van der Waals surface area contributed by atoms with E-state index in [1.807, 2.05) is 48.5 Å².